The third-order valence-corrected chi connectivity index (χ3v) is 3.19. The molecule has 1 aromatic rings. The van der Waals surface area contributed by atoms with Gasteiger partial charge in [-0.2, -0.15) is 0 Å². The lowest BCUT2D eigenvalue weighted by molar-refractivity contribution is 0.411. The Bertz CT molecular complexity index is 418. The Balaban J connectivity index is 2.52. The van der Waals surface area contributed by atoms with Crippen molar-refractivity contribution in [3.63, 3.8) is 0 Å². The number of hydrogen-bond donors (Lipinski definition) is 1. The molecule has 0 spiro atoms. The summed E-state index contributed by atoms with van der Waals surface area (Å²) in [6, 6.07) is 3.96. The van der Waals surface area contributed by atoms with E-state index in [9.17, 15) is 0 Å². The molecule has 1 heterocycles. The van der Waals surface area contributed by atoms with E-state index in [0.29, 0.717) is 0 Å². The Morgan fingerprint density at radius 3 is 2.80 bits per heavy atom. The first-order chi connectivity index (χ1) is 7.22. The third kappa shape index (κ3) is 2.18. The molecule has 1 aromatic carbocycles. The zero-order chi connectivity index (χ0) is 10.8. The summed E-state index contributed by atoms with van der Waals surface area (Å²) in [4.78, 5) is 4.38. The summed E-state index contributed by atoms with van der Waals surface area (Å²) >= 11 is 6.92. The Labute approximate surface area is 105 Å². The molecule has 0 radical (unpaired) electrons. The molecule has 0 fully saturated rings. The number of benzene rings is 1. The van der Waals surface area contributed by atoms with E-state index in [1.54, 1.807) is 7.11 Å². The highest BCUT2D eigenvalue weighted by atomic mass is 79.9. The lowest BCUT2D eigenvalue weighted by Gasteiger charge is -2.11. The maximum atomic E-state index is 5.35. The monoisotopic (exact) mass is 332 g/mol. The first-order valence-corrected chi connectivity index (χ1v) is 6.12. The van der Waals surface area contributed by atoms with Gasteiger partial charge in [-0.25, -0.2) is 0 Å². The van der Waals surface area contributed by atoms with Crippen LogP contribution in [0, 0.1) is 0 Å². The van der Waals surface area contributed by atoms with Gasteiger partial charge >= 0.3 is 0 Å². The second-order valence-corrected chi connectivity index (χ2v) is 4.90. The molecular weight excluding hydrogens is 324 g/mol. The molecule has 1 aliphatic rings. The molecule has 0 atom stereocenters. The summed E-state index contributed by atoms with van der Waals surface area (Å²) in [5.74, 6) is 1.71. The minimum Gasteiger partial charge on any atom is -0.495 e. The highest BCUT2D eigenvalue weighted by Gasteiger charge is 2.16. The SMILES string of the molecule is COc1c(Br)cc(Br)cc1C1=NCCN1. The number of amidine groups is 1. The van der Waals surface area contributed by atoms with Crippen molar-refractivity contribution < 1.29 is 4.74 Å². The number of nitrogens with one attached hydrogen (secondary N) is 1. The molecular formula is C10H10Br2N2O. The van der Waals surface area contributed by atoms with E-state index in [2.05, 4.69) is 42.2 Å². The molecule has 15 heavy (non-hydrogen) atoms. The van der Waals surface area contributed by atoms with Gasteiger partial charge in [0, 0.05) is 11.0 Å². The molecule has 1 aliphatic heterocycles. The number of methoxy groups -OCH3 is 1. The van der Waals surface area contributed by atoms with Crippen molar-refractivity contribution in [3.8, 4) is 5.75 Å². The molecule has 5 heteroatoms. The minimum absolute atomic E-state index is 0.811. The normalized spacial score (nSPS) is 14.7. The van der Waals surface area contributed by atoms with Gasteiger partial charge in [0.1, 0.15) is 11.6 Å². The summed E-state index contributed by atoms with van der Waals surface area (Å²) in [5.41, 5.74) is 0.983. The molecule has 2 rings (SSSR count). The van der Waals surface area contributed by atoms with Gasteiger partial charge in [0.2, 0.25) is 0 Å². The van der Waals surface area contributed by atoms with Crippen LogP contribution in [0.1, 0.15) is 5.56 Å². The number of hydrogen-bond acceptors (Lipinski definition) is 3. The van der Waals surface area contributed by atoms with E-state index >= 15 is 0 Å². The second-order valence-electron chi connectivity index (χ2n) is 3.13. The number of nitrogens with zero attached hydrogens (tertiary/aromatic N) is 1. The van der Waals surface area contributed by atoms with Crippen molar-refractivity contribution in [1.82, 2.24) is 5.32 Å². The Kier molecular flexibility index (Phi) is 3.31. The van der Waals surface area contributed by atoms with Gasteiger partial charge in [0.25, 0.3) is 0 Å². The first-order valence-electron chi connectivity index (χ1n) is 4.54. The van der Waals surface area contributed by atoms with Crippen LogP contribution in [0.5, 0.6) is 5.75 Å². The van der Waals surface area contributed by atoms with E-state index in [4.69, 9.17) is 4.74 Å². The molecule has 80 valence electrons. The Hall–Kier alpha value is -0.550. The van der Waals surface area contributed by atoms with Crippen molar-refractivity contribution in [2.75, 3.05) is 20.2 Å². The van der Waals surface area contributed by atoms with Crippen molar-refractivity contribution >= 4 is 37.7 Å². The lowest BCUT2D eigenvalue weighted by Crippen LogP contribution is -2.20. The summed E-state index contributed by atoms with van der Waals surface area (Å²) in [5, 5.41) is 3.23. The number of halogens is 2. The van der Waals surface area contributed by atoms with Crippen molar-refractivity contribution in [2.45, 2.75) is 0 Å². The Morgan fingerprint density at radius 2 is 2.20 bits per heavy atom. The zero-order valence-corrected chi connectivity index (χ0v) is 11.4. The fraction of sp³-hybridized carbons (Fsp3) is 0.300. The minimum atomic E-state index is 0.811. The van der Waals surface area contributed by atoms with Gasteiger partial charge in [0.05, 0.1) is 23.7 Å². The maximum Gasteiger partial charge on any atom is 0.144 e. The number of rotatable bonds is 2. The van der Waals surface area contributed by atoms with Crippen molar-refractivity contribution in [1.29, 1.82) is 0 Å². The highest BCUT2D eigenvalue weighted by molar-refractivity contribution is 9.11. The van der Waals surface area contributed by atoms with E-state index in [0.717, 1.165) is 39.2 Å². The van der Waals surface area contributed by atoms with Crippen LogP contribution in [0.4, 0.5) is 0 Å². The fourth-order valence-electron chi connectivity index (χ4n) is 1.52. The Morgan fingerprint density at radius 1 is 1.40 bits per heavy atom. The topological polar surface area (TPSA) is 33.6 Å². The third-order valence-electron chi connectivity index (χ3n) is 2.14. The van der Waals surface area contributed by atoms with Gasteiger partial charge in [-0.3, -0.25) is 4.99 Å². The van der Waals surface area contributed by atoms with Gasteiger partial charge in [-0.05, 0) is 28.1 Å². The summed E-state index contributed by atoms with van der Waals surface area (Å²) < 4.78 is 7.28. The largest absolute Gasteiger partial charge is 0.495 e. The average molecular weight is 334 g/mol. The second kappa shape index (κ2) is 4.53. The van der Waals surface area contributed by atoms with E-state index in [1.807, 2.05) is 12.1 Å². The smallest absolute Gasteiger partial charge is 0.144 e. The quantitative estimate of drug-likeness (QED) is 0.902. The van der Waals surface area contributed by atoms with E-state index in [1.165, 1.54) is 0 Å². The molecule has 0 unspecified atom stereocenters. The van der Waals surface area contributed by atoms with E-state index < -0.39 is 0 Å². The van der Waals surface area contributed by atoms with E-state index in [-0.39, 0.29) is 0 Å². The summed E-state index contributed by atoms with van der Waals surface area (Å²) in [7, 11) is 1.66. The molecule has 0 amide bonds. The first kappa shape index (κ1) is 11.0. The van der Waals surface area contributed by atoms with Crippen molar-refractivity contribution in [3.05, 3.63) is 26.6 Å². The van der Waals surface area contributed by atoms with Crippen LogP contribution in [-0.2, 0) is 0 Å². The van der Waals surface area contributed by atoms with Gasteiger partial charge in [-0.1, -0.05) is 15.9 Å². The summed E-state index contributed by atoms with van der Waals surface area (Å²) in [6.45, 7) is 1.71. The zero-order valence-electron chi connectivity index (χ0n) is 8.18. The number of ether oxygens (including phenoxy) is 1. The molecule has 0 saturated carbocycles. The molecule has 0 aliphatic carbocycles. The fourth-order valence-corrected chi connectivity index (χ4v) is 2.91. The van der Waals surface area contributed by atoms with Crippen LogP contribution in [0.15, 0.2) is 26.1 Å². The van der Waals surface area contributed by atoms with Crippen LogP contribution >= 0.6 is 31.9 Å². The highest BCUT2D eigenvalue weighted by Crippen LogP contribution is 2.33. The van der Waals surface area contributed by atoms with Crippen LogP contribution in [0.3, 0.4) is 0 Å². The van der Waals surface area contributed by atoms with Crippen LogP contribution in [-0.4, -0.2) is 26.0 Å². The maximum absolute atomic E-state index is 5.35. The molecule has 0 aromatic heterocycles. The molecule has 0 saturated heterocycles. The van der Waals surface area contributed by atoms with Gasteiger partial charge in [-0.15, -0.1) is 0 Å². The molecule has 3 nitrogen and oxygen atoms in total. The lowest BCUT2D eigenvalue weighted by atomic mass is 10.2. The molecule has 1 N–H and O–H groups in total. The van der Waals surface area contributed by atoms with Gasteiger partial charge in [0.15, 0.2) is 0 Å². The number of aliphatic imine (C=N–C) groups is 1. The standard InChI is InChI=1S/C10H10Br2N2O/c1-15-9-7(10-13-2-3-14-10)4-6(11)5-8(9)12/h4-5H,2-3H2,1H3,(H,13,14). The van der Waals surface area contributed by atoms with Crippen LogP contribution in [0.25, 0.3) is 0 Å². The van der Waals surface area contributed by atoms with Crippen molar-refractivity contribution in [2.24, 2.45) is 4.99 Å². The van der Waals surface area contributed by atoms with Crippen LogP contribution in [0.2, 0.25) is 0 Å². The predicted molar refractivity (Wildman–Crippen MR) is 67.8 cm³/mol. The summed E-state index contributed by atoms with van der Waals surface area (Å²) in [6.07, 6.45) is 0. The predicted octanol–water partition coefficient (Wildman–Crippen LogP) is 2.57. The van der Waals surface area contributed by atoms with Gasteiger partial charge < -0.3 is 10.1 Å². The van der Waals surface area contributed by atoms with Crippen LogP contribution < -0.4 is 10.1 Å². The average Bonchev–Trinajstić information content (AvgIpc) is 2.69. The molecule has 0 bridgehead atoms.